The van der Waals surface area contributed by atoms with Crippen LogP contribution < -0.4 is 10.5 Å². The SMILES string of the molecule is C/C=C/C(N)=Nc1nc(C(O)c2ccc(F)cc2)nc2cc(OCCO)ccc12. The Morgan fingerprint density at radius 3 is 2.69 bits per heavy atom. The number of ether oxygens (including phenoxy) is 1. The number of hydrogen-bond acceptors (Lipinski definition) is 6. The summed E-state index contributed by atoms with van der Waals surface area (Å²) in [6.45, 7) is 1.83. The average Bonchev–Trinajstić information content (AvgIpc) is 2.72. The van der Waals surface area contributed by atoms with Crippen LogP contribution in [0.1, 0.15) is 24.4 Å². The minimum atomic E-state index is -1.18. The first-order valence-electron chi connectivity index (χ1n) is 8.97. The Kier molecular flexibility index (Phi) is 6.48. The van der Waals surface area contributed by atoms with E-state index in [1.807, 2.05) is 6.92 Å². The van der Waals surface area contributed by atoms with Gasteiger partial charge in [-0.3, -0.25) is 0 Å². The van der Waals surface area contributed by atoms with E-state index < -0.39 is 11.9 Å². The van der Waals surface area contributed by atoms with Crippen molar-refractivity contribution in [1.82, 2.24) is 9.97 Å². The molecule has 0 spiro atoms. The van der Waals surface area contributed by atoms with E-state index in [-0.39, 0.29) is 30.7 Å². The van der Waals surface area contributed by atoms with Gasteiger partial charge in [-0.1, -0.05) is 18.2 Å². The highest BCUT2D eigenvalue weighted by atomic mass is 19.1. The van der Waals surface area contributed by atoms with Gasteiger partial charge in [0.25, 0.3) is 0 Å². The number of aliphatic imine (C=N–C) groups is 1. The first-order valence-corrected chi connectivity index (χ1v) is 8.97. The van der Waals surface area contributed by atoms with E-state index in [1.54, 1.807) is 30.4 Å². The van der Waals surface area contributed by atoms with E-state index in [9.17, 15) is 9.50 Å². The Hall–Kier alpha value is -3.36. The molecular weight excluding hydrogens is 375 g/mol. The van der Waals surface area contributed by atoms with Crippen molar-refractivity contribution in [3.8, 4) is 5.75 Å². The Morgan fingerprint density at radius 2 is 2.00 bits per heavy atom. The molecule has 1 atom stereocenters. The largest absolute Gasteiger partial charge is 0.491 e. The summed E-state index contributed by atoms with van der Waals surface area (Å²) < 4.78 is 18.6. The van der Waals surface area contributed by atoms with Crippen LogP contribution in [0, 0.1) is 5.82 Å². The molecule has 7 nitrogen and oxygen atoms in total. The number of fused-ring (bicyclic) bond motifs is 1. The van der Waals surface area contributed by atoms with Crippen molar-refractivity contribution >= 4 is 22.6 Å². The molecule has 0 saturated carbocycles. The Labute approximate surface area is 167 Å². The van der Waals surface area contributed by atoms with Crippen molar-refractivity contribution in [2.45, 2.75) is 13.0 Å². The van der Waals surface area contributed by atoms with Crippen LogP contribution in [0.25, 0.3) is 10.9 Å². The van der Waals surface area contributed by atoms with Gasteiger partial charge in [-0.25, -0.2) is 19.4 Å². The van der Waals surface area contributed by atoms with Gasteiger partial charge in [-0.05, 0) is 42.8 Å². The molecule has 29 heavy (non-hydrogen) atoms. The third-order valence-electron chi connectivity index (χ3n) is 4.03. The number of allylic oxidation sites excluding steroid dienone is 1. The normalized spacial score (nSPS) is 13.2. The van der Waals surface area contributed by atoms with E-state index >= 15 is 0 Å². The number of aliphatic hydroxyl groups is 2. The molecule has 0 amide bonds. The van der Waals surface area contributed by atoms with E-state index in [2.05, 4.69) is 15.0 Å². The van der Waals surface area contributed by atoms with E-state index in [1.165, 1.54) is 24.3 Å². The van der Waals surface area contributed by atoms with Crippen LogP contribution in [0.2, 0.25) is 0 Å². The molecule has 4 N–H and O–H groups in total. The molecule has 0 fully saturated rings. The summed E-state index contributed by atoms with van der Waals surface area (Å²) in [6, 6.07) is 10.5. The highest BCUT2D eigenvalue weighted by molar-refractivity contribution is 5.97. The second-order valence-corrected chi connectivity index (χ2v) is 6.15. The number of benzene rings is 2. The van der Waals surface area contributed by atoms with E-state index in [4.69, 9.17) is 15.6 Å². The van der Waals surface area contributed by atoms with Crippen molar-refractivity contribution in [3.63, 3.8) is 0 Å². The molecule has 0 aliphatic rings. The second-order valence-electron chi connectivity index (χ2n) is 6.15. The van der Waals surface area contributed by atoms with Crippen molar-refractivity contribution < 1.29 is 19.3 Å². The van der Waals surface area contributed by atoms with Gasteiger partial charge < -0.3 is 20.7 Å². The standard InChI is InChI=1S/C21H21FN4O3/c1-2-3-18(23)25-20-16-9-8-15(29-11-10-27)12-17(16)24-21(26-20)19(28)13-4-6-14(22)7-5-13/h2-9,12,19,27-28H,10-11H2,1H3,(H2,23,24,25,26)/b3-2+. The molecule has 2 aromatic carbocycles. The minimum absolute atomic E-state index is 0.0930. The first kappa shape index (κ1) is 20.4. The van der Waals surface area contributed by atoms with Crippen LogP contribution in [0.5, 0.6) is 5.75 Å². The molecular formula is C21H21FN4O3. The van der Waals surface area contributed by atoms with Crippen LogP contribution in [-0.2, 0) is 0 Å². The van der Waals surface area contributed by atoms with Gasteiger partial charge in [0, 0.05) is 11.5 Å². The first-order chi connectivity index (χ1) is 14.0. The van der Waals surface area contributed by atoms with Gasteiger partial charge in [0.1, 0.15) is 30.1 Å². The van der Waals surface area contributed by atoms with Gasteiger partial charge in [-0.2, -0.15) is 0 Å². The van der Waals surface area contributed by atoms with Crippen molar-refractivity contribution in [1.29, 1.82) is 0 Å². The molecule has 0 radical (unpaired) electrons. The summed E-state index contributed by atoms with van der Waals surface area (Å²) in [5.74, 6) is 0.723. The predicted octanol–water partition coefficient (Wildman–Crippen LogP) is 2.79. The zero-order chi connectivity index (χ0) is 20.8. The van der Waals surface area contributed by atoms with Crippen LogP contribution in [-0.4, -0.2) is 39.2 Å². The molecule has 8 heteroatoms. The topological polar surface area (TPSA) is 114 Å². The number of nitrogens with zero attached hydrogens (tertiary/aromatic N) is 3. The fourth-order valence-electron chi connectivity index (χ4n) is 2.70. The van der Waals surface area contributed by atoms with E-state index in [0.29, 0.717) is 22.2 Å². The summed E-state index contributed by atoms with van der Waals surface area (Å²) in [6.07, 6.45) is 2.19. The fourth-order valence-corrected chi connectivity index (χ4v) is 2.70. The van der Waals surface area contributed by atoms with Gasteiger partial charge in [0.2, 0.25) is 0 Å². The number of nitrogens with two attached hydrogens (primary N) is 1. The molecule has 0 aliphatic heterocycles. The molecule has 0 bridgehead atoms. The lowest BCUT2D eigenvalue weighted by Gasteiger charge is -2.13. The fraction of sp³-hybridized carbons (Fsp3) is 0.190. The number of rotatable bonds is 7. The molecule has 150 valence electrons. The molecule has 1 heterocycles. The summed E-state index contributed by atoms with van der Waals surface area (Å²) in [5, 5.41) is 20.3. The zero-order valence-electron chi connectivity index (χ0n) is 15.8. The van der Waals surface area contributed by atoms with Gasteiger partial charge in [0.15, 0.2) is 11.6 Å². The quantitative estimate of drug-likeness (QED) is 0.418. The maximum Gasteiger partial charge on any atom is 0.165 e. The molecule has 0 saturated heterocycles. The van der Waals surface area contributed by atoms with Crippen molar-refractivity contribution in [3.05, 3.63) is 71.8 Å². The average molecular weight is 396 g/mol. The second kappa shape index (κ2) is 9.22. The molecule has 1 aromatic heterocycles. The number of halogens is 1. The zero-order valence-corrected chi connectivity index (χ0v) is 15.8. The minimum Gasteiger partial charge on any atom is -0.491 e. The smallest absolute Gasteiger partial charge is 0.165 e. The number of aliphatic hydroxyl groups excluding tert-OH is 2. The number of hydrogen-bond donors (Lipinski definition) is 3. The Morgan fingerprint density at radius 1 is 1.24 bits per heavy atom. The summed E-state index contributed by atoms with van der Waals surface area (Å²) >= 11 is 0. The van der Waals surface area contributed by atoms with Gasteiger partial charge in [0.05, 0.1) is 12.1 Å². The third-order valence-corrected chi connectivity index (χ3v) is 4.03. The third kappa shape index (κ3) is 4.92. The molecule has 3 aromatic rings. The lowest BCUT2D eigenvalue weighted by atomic mass is 10.1. The van der Waals surface area contributed by atoms with Crippen LogP contribution >= 0.6 is 0 Å². The highest BCUT2D eigenvalue weighted by Gasteiger charge is 2.17. The lowest BCUT2D eigenvalue weighted by molar-refractivity contribution is 0.201. The van der Waals surface area contributed by atoms with Crippen LogP contribution in [0.15, 0.2) is 59.6 Å². The Balaban J connectivity index is 2.13. The predicted molar refractivity (Wildman–Crippen MR) is 109 cm³/mol. The van der Waals surface area contributed by atoms with Gasteiger partial charge >= 0.3 is 0 Å². The number of aromatic nitrogens is 2. The van der Waals surface area contributed by atoms with Gasteiger partial charge in [-0.15, -0.1) is 0 Å². The maximum atomic E-state index is 13.2. The lowest BCUT2D eigenvalue weighted by Crippen LogP contribution is -2.09. The highest BCUT2D eigenvalue weighted by Crippen LogP contribution is 2.30. The number of amidine groups is 1. The van der Waals surface area contributed by atoms with Crippen LogP contribution in [0.4, 0.5) is 10.2 Å². The maximum absolute atomic E-state index is 13.2. The molecule has 3 rings (SSSR count). The molecule has 1 unspecified atom stereocenters. The summed E-state index contributed by atoms with van der Waals surface area (Å²) in [7, 11) is 0. The monoisotopic (exact) mass is 396 g/mol. The Bertz CT molecular complexity index is 1050. The van der Waals surface area contributed by atoms with Crippen LogP contribution in [0.3, 0.4) is 0 Å². The van der Waals surface area contributed by atoms with E-state index in [0.717, 1.165) is 0 Å². The van der Waals surface area contributed by atoms with Crippen molar-refractivity contribution in [2.24, 2.45) is 10.7 Å². The summed E-state index contributed by atoms with van der Waals surface area (Å²) in [5.41, 5.74) is 6.83. The summed E-state index contributed by atoms with van der Waals surface area (Å²) in [4.78, 5) is 13.1. The molecule has 0 aliphatic carbocycles. The van der Waals surface area contributed by atoms with Crippen molar-refractivity contribution in [2.75, 3.05) is 13.2 Å².